The largest absolute Gasteiger partial charge is 0.355 e. The Kier molecular flexibility index (Phi) is 5.63. The van der Waals surface area contributed by atoms with Crippen LogP contribution < -0.4 is 5.32 Å². The van der Waals surface area contributed by atoms with Gasteiger partial charge in [-0.25, -0.2) is 0 Å². The number of carbonyl (C=O) groups is 1. The molecule has 2 aliphatic heterocycles. The Morgan fingerprint density at radius 2 is 1.95 bits per heavy atom. The molecule has 3 rings (SSSR count). The predicted octanol–water partition coefficient (Wildman–Crippen LogP) is 3.77. The zero-order valence-corrected chi connectivity index (χ0v) is 14.8. The topological polar surface area (TPSA) is 32.3 Å². The molecule has 3 heteroatoms. The van der Waals surface area contributed by atoms with Crippen molar-refractivity contribution in [2.24, 2.45) is 0 Å². The van der Waals surface area contributed by atoms with Gasteiger partial charge < -0.3 is 5.32 Å². The van der Waals surface area contributed by atoms with Crippen molar-refractivity contribution in [3.63, 3.8) is 0 Å². The molecule has 0 spiro atoms. The predicted molar refractivity (Wildman–Crippen MR) is 92.5 cm³/mol. The maximum atomic E-state index is 12.0. The van der Waals surface area contributed by atoms with Gasteiger partial charge in [-0.05, 0) is 68.0 Å². The molecule has 2 heterocycles. The number of carbonyl (C=O) groups excluding carboxylic acids is 1. The fraction of sp³-hybridized carbons (Fsp3) is 0.632. The number of aryl methyl sites for hydroxylation is 1. The Hall–Kier alpha value is -1.35. The highest BCUT2D eigenvalue weighted by Crippen LogP contribution is 2.40. The second-order valence-corrected chi connectivity index (χ2v) is 6.13. The molecule has 1 fully saturated rings. The van der Waals surface area contributed by atoms with E-state index in [1.165, 1.54) is 48.1 Å². The van der Waals surface area contributed by atoms with Gasteiger partial charge in [0, 0.05) is 25.2 Å². The molecule has 1 saturated heterocycles. The first-order valence-corrected chi connectivity index (χ1v) is 8.72. The highest BCUT2D eigenvalue weighted by Gasteiger charge is 2.32. The second-order valence-electron chi connectivity index (χ2n) is 6.13. The van der Waals surface area contributed by atoms with Crippen molar-refractivity contribution in [1.29, 1.82) is 0 Å². The Morgan fingerprint density at radius 1 is 1.23 bits per heavy atom. The monoisotopic (exact) mass is 302 g/mol. The fourth-order valence-corrected chi connectivity index (χ4v) is 4.00. The summed E-state index contributed by atoms with van der Waals surface area (Å²) in [5, 5.41) is 2.76. The van der Waals surface area contributed by atoms with Gasteiger partial charge in [-0.1, -0.05) is 20.3 Å². The van der Waals surface area contributed by atoms with E-state index < -0.39 is 0 Å². The van der Waals surface area contributed by atoms with E-state index >= 15 is 0 Å². The average Bonchev–Trinajstić information content (AvgIpc) is 2.58. The number of benzene rings is 1. The van der Waals surface area contributed by atoms with E-state index in [9.17, 15) is 4.79 Å². The Balaban J connectivity index is 0.000000847. The van der Waals surface area contributed by atoms with Crippen LogP contribution in [0.5, 0.6) is 0 Å². The summed E-state index contributed by atoms with van der Waals surface area (Å²) in [5.74, 6) is 0.0412. The van der Waals surface area contributed by atoms with Gasteiger partial charge in [-0.2, -0.15) is 0 Å². The third-order valence-corrected chi connectivity index (χ3v) is 5.04. The van der Waals surface area contributed by atoms with Crippen LogP contribution in [0, 0.1) is 13.8 Å². The molecule has 122 valence electrons. The number of nitrogens with one attached hydrogen (secondary N) is 1. The van der Waals surface area contributed by atoms with E-state index in [-0.39, 0.29) is 5.91 Å². The summed E-state index contributed by atoms with van der Waals surface area (Å²) in [6, 6.07) is 2.68. The minimum atomic E-state index is 0.0412. The lowest BCUT2D eigenvalue weighted by atomic mass is 9.80. The molecule has 1 aromatic rings. The number of piperidine rings is 1. The van der Waals surface area contributed by atoms with E-state index in [0.717, 1.165) is 18.5 Å². The smallest absolute Gasteiger partial charge is 0.251 e. The molecule has 1 aromatic carbocycles. The van der Waals surface area contributed by atoms with Gasteiger partial charge in [0.25, 0.3) is 5.91 Å². The summed E-state index contributed by atoms with van der Waals surface area (Å²) in [7, 11) is 1.71. The number of amides is 1. The standard InChI is InChI=1S/C17H24N2O.C2H6/c1-11-10-14(17(20)18-3)12(2)13-7-9-19-8-5-4-6-15(19)16(11)13;1-2/h10,15H,4-9H2,1-3H3,(H,18,20);1-2H3. The zero-order chi connectivity index (χ0) is 16.3. The van der Waals surface area contributed by atoms with E-state index in [1.807, 2.05) is 13.8 Å². The minimum absolute atomic E-state index is 0.0412. The van der Waals surface area contributed by atoms with Crippen molar-refractivity contribution in [3.8, 4) is 0 Å². The lowest BCUT2D eigenvalue weighted by molar-refractivity contribution is 0.0961. The van der Waals surface area contributed by atoms with Crippen LogP contribution in [0.3, 0.4) is 0 Å². The van der Waals surface area contributed by atoms with Crippen molar-refractivity contribution in [3.05, 3.63) is 33.9 Å². The van der Waals surface area contributed by atoms with Crippen molar-refractivity contribution >= 4 is 5.91 Å². The van der Waals surface area contributed by atoms with Crippen LogP contribution in [0.4, 0.5) is 0 Å². The molecule has 0 saturated carbocycles. The molecule has 0 aliphatic carbocycles. The van der Waals surface area contributed by atoms with Gasteiger partial charge >= 0.3 is 0 Å². The first-order valence-electron chi connectivity index (χ1n) is 8.72. The van der Waals surface area contributed by atoms with Crippen LogP contribution in [-0.4, -0.2) is 30.9 Å². The Bertz CT molecular complexity index is 551. The van der Waals surface area contributed by atoms with Gasteiger partial charge in [0.05, 0.1) is 0 Å². The maximum absolute atomic E-state index is 12.0. The van der Waals surface area contributed by atoms with Crippen molar-refractivity contribution in [2.75, 3.05) is 20.1 Å². The minimum Gasteiger partial charge on any atom is -0.355 e. The molecule has 0 aromatic heterocycles. The van der Waals surface area contributed by atoms with E-state index in [2.05, 4.69) is 30.1 Å². The Labute approximate surface area is 135 Å². The molecule has 0 radical (unpaired) electrons. The summed E-state index contributed by atoms with van der Waals surface area (Å²) >= 11 is 0. The van der Waals surface area contributed by atoms with Crippen LogP contribution in [0.1, 0.15) is 71.8 Å². The number of nitrogens with zero attached hydrogens (tertiary/aromatic N) is 1. The number of hydrogen-bond donors (Lipinski definition) is 1. The van der Waals surface area contributed by atoms with Gasteiger partial charge in [0.1, 0.15) is 0 Å². The van der Waals surface area contributed by atoms with Crippen molar-refractivity contribution in [1.82, 2.24) is 10.2 Å². The van der Waals surface area contributed by atoms with E-state index in [4.69, 9.17) is 0 Å². The first-order chi connectivity index (χ1) is 10.6. The van der Waals surface area contributed by atoms with Crippen LogP contribution >= 0.6 is 0 Å². The summed E-state index contributed by atoms with van der Waals surface area (Å²) < 4.78 is 0. The first kappa shape index (κ1) is 17.0. The molecule has 1 N–H and O–H groups in total. The summed E-state index contributed by atoms with van der Waals surface area (Å²) in [5.41, 5.74) is 6.29. The van der Waals surface area contributed by atoms with Gasteiger partial charge in [0.15, 0.2) is 0 Å². The molecule has 2 aliphatic rings. The van der Waals surface area contributed by atoms with Gasteiger partial charge in [-0.3, -0.25) is 9.69 Å². The summed E-state index contributed by atoms with van der Waals surface area (Å²) in [6.07, 6.45) is 5.02. The van der Waals surface area contributed by atoms with Crippen molar-refractivity contribution < 1.29 is 4.79 Å². The number of rotatable bonds is 1. The molecule has 1 unspecified atom stereocenters. The lowest BCUT2D eigenvalue weighted by Crippen LogP contribution is -2.39. The fourth-order valence-electron chi connectivity index (χ4n) is 4.00. The van der Waals surface area contributed by atoms with Crippen LogP contribution in [-0.2, 0) is 6.42 Å². The molecular weight excluding hydrogens is 272 g/mol. The van der Waals surface area contributed by atoms with E-state index in [0.29, 0.717) is 6.04 Å². The SMILES string of the molecule is CC.CNC(=O)c1cc(C)c2c(c1C)CCN1CCCCC21. The average molecular weight is 302 g/mol. The van der Waals surface area contributed by atoms with Crippen molar-refractivity contribution in [2.45, 2.75) is 59.4 Å². The quantitative estimate of drug-likeness (QED) is 0.856. The summed E-state index contributed by atoms with van der Waals surface area (Å²) in [6.45, 7) is 10.7. The normalized spacial score (nSPS) is 20.3. The zero-order valence-electron chi connectivity index (χ0n) is 14.8. The third kappa shape index (κ3) is 2.91. The molecule has 1 amide bonds. The molecule has 1 atom stereocenters. The molecule has 3 nitrogen and oxygen atoms in total. The molecular formula is C19H30N2O. The Morgan fingerprint density at radius 3 is 2.64 bits per heavy atom. The van der Waals surface area contributed by atoms with Gasteiger partial charge in [0.2, 0.25) is 0 Å². The lowest BCUT2D eigenvalue weighted by Gasteiger charge is -2.42. The van der Waals surface area contributed by atoms with Gasteiger partial charge in [-0.15, -0.1) is 0 Å². The highest BCUT2D eigenvalue weighted by atomic mass is 16.1. The number of fused-ring (bicyclic) bond motifs is 3. The van der Waals surface area contributed by atoms with Crippen LogP contribution in [0.2, 0.25) is 0 Å². The second kappa shape index (κ2) is 7.28. The summed E-state index contributed by atoms with van der Waals surface area (Å²) in [4.78, 5) is 14.7. The molecule has 0 bridgehead atoms. The van der Waals surface area contributed by atoms with E-state index in [1.54, 1.807) is 7.05 Å². The maximum Gasteiger partial charge on any atom is 0.251 e. The molecule has 22 heavy (non-hydrogen) atoms. The third-order valence-electron chi connectivity index (χ3n) is 5.04. The van der Waals surface area contributed by atoms with Crippen LogP contribution in [0.25, 0.3) is 0 Å². The highest BCUT2D eigenvalue weighted by molar-refractivity contribution is 5.96. The van der Waals surface area contributed by atoms with Crippen LogP contribution in [0.15, 0.2) is 6.07 Å². The number of hydrogen-bond acceptors (Lipinski definition) is 2.